The van der Waals surface area contributed by atoms with E-state index in [1.54, 1.807) is 12.1 Å². The Morgan fingerprint density at radius 3 is 1.65 bits per heavy atom. The van der Waals surface area contributed by atoms with Crippen LogP contribution in [-0.4, -0.2) is 146 Å². The number of alkyl halides is 12. The number of nitrogens with zero attached hydrogens (tertiary/aromatic N) is 3. The van der Waals surface area contributed by atoms with E-state index in [0.717, 1.165) is 66.6 Å². The molecule has 0 radical (unpaired) electrons. The summed E-state index contributed by atoms with van der Waals surface area (Å²) in [5.41, 5.74) is 3.34. The summed E-state index contributed by atoms with van der Waals surface area (Å²) < 4.78 is 166. The van der Waals surface area contributed by atoms with Gasteiger partial charge >= 0.3 is 42.6 Å². The van der Waals surface area contributed by atoms with Crippen molar-refractivity contribution in [3.8, 4) is 11.1 Å². The van der Waals surface area contributed by atoms with Gasteiger partial charge in [-0.1, -0.05) is 66.2 Å². The van der Waals surface area contributed by atoms with Crippen molar-refractivity contribution in [3.63, 3.8) is 0 Å². The molecule has 1 heterocycles. The highest BCUT2D eigenvalue weighted by Crippen LogP contribution is 2.32. The first-order valence-electron chi connectivity index (χ1n) is 22.7. The molecule has 1 aliphatic rings. The summed E-state index contributed by atoms with van der Waals surface area (Å²) >= 11 is 7.61. The summed E-state index contributed by atoms with van der Waals surface area (Å²) in [5.74, 6) is -11.0. The maximum absolute atomic E-state index is 13.9. The van der Waals surface area contributed by atoms with Gasteiger partial charge in [0.05, 0.1) is 10.5 Å². The summed E-state index contributed by atoms with van der Waals surface area (Å²) in [6.45, 7) is 4.44. The van der Waals surface area contributed by atoms with Gasteiger partial charge < -0.3 is 30.4 Å². The Hall–Kier alpha value is -7.08. The van der Waals surface area contributed by atoms with Gasteiger partial charge in [0.15, 0.2) is 0 Å². The molecule has 1 atom stereocenters. The molecule has 80 heavy (non-hydrogen) atoms. The Labute approximate surface area is 458 Å². The van der Waals surface area contributed by atoms with Crippen molar-refractivity contribution in [1.29, 1.82) is 0 Å². The molecule has 1 amide bonds. The van der Waals surface area contributed by atoms with Crippen molar-refractivity contribution in [1.82, 2.24) is 14.5 Å². The summed E-state index contributed by atoms with van der Waals surface area (Å²) in [6.07, 6.45) is -20.0. The number of amides is 1. The van der Waals surface area contributed by atoms with Crippen molar-refractivity contribution in [2.45, 2.75) is 53.5 Å². The third-order valence-electron chi connectivity index (χ3n) is 10.7. The van der Waals surface area contributed by atoms with Crippen LogP contribution in [0.5, 0.6) is 0 Å². The number of thioether (sulfide) groups is 1. The molecule has 5 N–H and O–H groups in total. The van der Waals surface area contributed by atoms with Crippen LogP contribution in [0.15, 0.2) is 131 Å². The number of hydrogen-bond acceptors (Lipinski definition) is 12. The molecule has 0 spiro atoms. The Balaban J connectivity index is 0.000000675. The predicted molar refractivity (Wildman–Crippen MR) is 271 cm³/mol. The van der Waals surface area contributed by atoms with E-state index in [1.165, 1.54) is 29.5 Å². The van der Waals surface area contributed by atoms with Crippen molar-refractivity contribution in [2.24, 2.45) is 0 Å². The first-order chi connectivity index (χ1) is 37.0. The number of anilines is 2. The minimum atomic E-state index is -5.28. The molecule has 0 aliphatic carbocycles. The van der Waals surface area contributed by atoms with E-state index in [9.17, 15) is 70.7 Å². The monoisotopic (exact) mass is 1210 g/mol. The van der Waals surface area contributed by atoms with Crippen molar-refractivity contribution in [3.05, 3.63) is 143 Å². The van der Waals surface area contributed by atoms with Gasteiger partial charge in [0, 0.05) is 71.4 Å². The van der Waals surface area contributed by atoms with E-state index in [2.05, 4.69) is 27.2 Å². The number of carboxylic acids is 3. The zero-order valence-electron chi connectivity index (χ0n) is 41.6. The molecular weight excluding hydrogens is 1160 g/mol. The van der Waals surface area contributed by atoms with Crippen LogP contribution in [0.1, 0.15) is 32.7 Å². The number of carbonyl (C=O) groups excluding carboxylic acids is 2. The number of carboxylic acid groups (broad SMARTS) is 3. The van der Waals surface area contributed by atoms with Gasteiger partial charge in [0.25, 0.3) is 21.7 Å². The zero-order chi connectivity index (χ0) is 60.4. The Kier molecular flexibility index (Phi) is 24.7. The fourth-order valence-electron chi connectivity index (χ4n) is 6.74. The summed E-state index contributed by atoms with van der Waals surface area (Å²) in [7, 11) is -0.944. The SMILES string of the molecule is CN(C)CC[C@H](CSc1ccccc1)Nc1ccc(S(=O)(=O)NC(=O)c2ccc(N3CCN(Cc4ccccc4-c4ccc(Cl)cc4)CC3)cc2)cc1C(=O)C(F)(F)F.O=C(O)C(F)(F)F.O=C(O)C(F)(F)F.O=C(O)C(F)(F)F. The maximum Gasteiger partial charge on any atom is 0.490 e. The molecule has 5 aromatic rings. The molecule has 0 aromatic heterocycles. The number of carbonyl (C=O) groups is 5. The standard InChI is InChI=1S/C44H45ClF3N5O4S2.3C2HF3O2/c1-51(2)23-22-35(30-58-37-9-4-3-5-10-37)49-41-21-20-38(28-40(41)42(54)44(46,47)48)59(56,57)50-43(55)32-14-18-36(19-15-32)53-26-24-52(25-27-53)29-33-8-6-7-11-39(33)31-12-16-34(45)17-13-31;3*3-2(4,5)1(6)7/h3-21,28,35,49H,22-27,29-30H2,1-2H3,(H,50,55);3*(H,6,7)/t35-;;;/m1.../s1. The number of rotatable bonds is 16. The number of benzene rings is 5. The number of hydrogen-bond donors (Lipinski definition) is 5. The van der Waals surface area contributed by atoms with E-state index in [4.69, 9.17) is 41.3 Å². The Morgan fingerprint density at radius 2 is 1.16 bits per heavy atom. The predicted octanol–water partition coefficient (Wildman–Crippen LogP) is 10.6. The number of nitrogens with one attached hydrogen (secondary N) is 2. The minimum Gasteiger partial charge on any atom is -0.475 e. The molecule has 5 aromatic carbocycles. The topological polar surface area (TPSA) is 214 Å². The molecule has 1 saturated heterocycles. The molecule has 15 nitrogen and oxygen atoms in total. The lowest BCUT2D eigenvalue weighted by molar-refractivity contribution is -0.193. The smallest absolute Gasteiger partial charge is 0.475 e. The highest BCUT2D eigenvalue weighted by atomic mass is 35.5. The number of sulfonamides is 1. The van der Waals surface area contributed by atoms with E-state index in [1.807, 2.05) is 90.4 Å². The molecule has 1 fully saturated rings. The van der Waals surface area contributed by atoms with E-state index in [-0.39, 0.29) is 17.3 Å². The van der Waals surface area contributed by atoms with Crippen LogP contribution in [0.2, 0.25) is 5.02 Å². The molecular formula is C50H48ClF12N5O10S2. The lowest BCUT2D eigenvalue weighted by Crippen LogP contribution is -2.46. The van der Waals surface area contributed by atoms with Crippen molar-refractivity contribution >= 4 is 74.4 Å². The van der Waals surface area contributed by atoms with Crippen molar-refractivity contribution in [2.75, 3.05) is 62.8 Å². The van der Waals surface area contributed by atoms with Crippen LogP contribution in [0.25, 0.3) is 11.1 Å². The number of aliphatic carboxylic acids is 3. The van der Waals surface area contributed by atoms with Crippen molar-refractivity contribution < 1.29 is 100 Å². The summed E-state index contributed by atoms with van der Waals surface area (Å²) in [4.78, 5) is 59.4. The van der Waals surface area contributed by atoms with E-state index >= 15 is 0 Å². The van der Waals surface area contributed by atoms with Crippen LogP contribution < -0.4 is 14.9 Å². The van der Waals surface area contributed by atoms with Crippen LogP contribution >= 0.6 is 23.4 Å². The fourth-order valence-corrected chi connectivity index (χ4v) is 8.86. The van der Waals surface area contributed by atoms with Gasteiger partial charge in [-0.15, -0.1) is 11.8 Å². The minimum absolute atomic E-state index is 0.0410. The second-order valence-corrected chi connectivity index (χ2v) is 20.1. The third kappa shape index (κ3) is 22.6. The molecule has 1 aliphatic heterocycles. The summed E-state index contributed by atoms with van der Waals surface area (Å²) in [6, 6.07) is 34.5. The molecule has 6 rings (SSSR count). The normalized spacial score (nSPS) is 13.5. The number of halogens is 13. The van der Waals surface area contributed by atoms with Gasteiger partial charge in [-0.05, 0) is 110 Å². The lowest BCUT2D eigenvalue weighted by atomic mass is 9.99. The summed E-state index contributed by atoms with van der Waals surface area (Å²) in [5, 5.41) is 25.1. The molecule has 30 heteroatoms. The zero-order valence-corrected chi connectivity index (χ0v) is 43.9. The van der Waals surface area contributed by atoms with Gasteiger partial charge in [0.2, 0.25) is 0 Å². The lowest BCUT2D eigenvalue weighted by Gasteiger charge is -2.36. The van der Waals surface area contributed by atoms with Gasteiger partial charge in [-0.3, -0.25) is 14.5 Å². The van der Waals surface area contributed by atoms with Crippen LogP contribution in [0, 0.1) is 0 Å². The van der Waals surface area contributed by atoms with Gasteiger partial charge in [-0.2, -0.15) is 52.7 Å². The second-order valence-electron chi connectivity index (χ2n) is 16.9. The molecule has 0 unspecified atom stereocenters. The molecule has 0 bridgehead atoms. The van der Waals surface area contributed by atoms with Crippen LogP contribution in [0.3, 0.4) is 0 Å². The first kappa shape index (κ1) is 67.2. The quantitative estimate of drug-likeness (QED) is 0.0353. The molecule has 0 saturated carbocycles. The Morgan fingerprint density at radius 1 is 0.662 bits per heavy atom. The third-order valence-corrected chi connectivity index (χ3v) is 13.4. The van der Waals surface area contributed by atoms with E-state index < -0.39 is 74.8 Å². The number of piperazine rings is 1. The first-order valence-corrected chi connectivity index (χ1v) is 25.6. The number of Topliss-reactive ketones (excluding diaryl/α,β-unsaturated/α-hetero) is 1. The average Bonchev–Trinajstić information content (AvgIpc) is 3.37. The maximum atomic E-state index is 13.9. The average molecular weight is 1210 g/mol. The van der Waals surface area contributed by atoms with Gasteiger partial charge in [-0.25, -0.2) is 27.5 Å². The largest absolute Gasteiger partial charge is 0.490 e. The van der Waals surface area contributed by atoms with Crippen LogP contribution in [0.4, 0.5) is 64.1 Å². The second kappa shape index (κ2) is 29.4. The van der Waals surface area contributed by atoms with Crippen LogP contribution in [-0.2, 0) is 31.0 Å². The van der Waals surface area contributed by atoms with E-state index in [0.29, 0.717) is 29.8 Å². The highest BCUT2D eigenvalue weighted by Gasteiger charge is 2.42. The fraction of sp³-hybridized carbons (Fsp3) is 0.300. The molecule has 436 valence electrons. The van der Waals surface area contributed by atoms with Gasteiger partial charge in [0.1, 0.15) is 0 Å². The highest BCUT2D eigenvalue weighted by molar-refractivity contribution is 7.99. The Bertz CT molecular complexity index is 2920. The number of ketones is 1.